The molecular weight excluding hydrogens is 529 g/mol. The van der Waals surface area contributed by atoms with E-state index in [-0.39, 0.29) is 0 Å². The van der Waals surface area contributed by atoms with Gasteiger partial charge in [0, 0.05) is 0 Å². The van der Waals surface area contributed by atoms with Crippen molar-refractivity contribution in [2.24, 2.45) is 0 Å². The van der Waals surface area contributed by atoms with E-state index >= 15 is 0 Å². The predicted octanol–water partition coefficient (Wildman–Crippen LogP) is 12.8. The number of rotatable bonds is 35. The maximum atomic E-state index is 12.3. The van der Waals surface area contributed by atoms with Gasteiger partial charge in [-0.1, -0.05) is 193 Å². The highest BCUT2D eigenvalue weighted by molar-refractivity contribution is 7.91. The van der Waals surface area contributed by atoms with Crippen molar-refractivity contribution < 1.29 is 8.42 Å². The lowest BCUT2D eigenvalue weighted by molar-refractivity contribution is 0.529. The SMILES string of the molecule is CCCCCCCCCCCCCCCCCCS(=O)(=O)CCCCCCCCCCCCCCCCCCS. The van der Waals surface area contributed by atoms with E-state index in [9.17, 15) is 8.42 Å². The summed E-state index contributed by atoms with van der Waals surface area (Å²) in [5.41, 5.74) is 0. The molecular formula is C36H74O2S2. The zero-order valence-corrected chi connectivity index (χ0v) is 29.1. The van der Waals surface area contributed by atoms with Crippen molar-refractivity contribution in [3.8, 4) is 0 Å². The van der Waals surface area contributed by atoms with Crippen LogP contribution < -0.4 is 0 Å². The van der Waals surface area contributed by atoms with Gasteiger partial charge in [0.15, 0.2) is 0 Å². The molecule has 0 saturated heterocycles. The van der Waals surface area contributed by atoms with Crippen LogP contribution in [0, 0.1) is 0 Å². The maximum absolute atomic E-state index is 12.3. The first kappa shape index (κ1) is 40.3. The number of hydrogen-bond acceptors (Lipinski definition) is 3. The summed E-state index contributed by atoms with van der Waals surface area (Å²) in [7, 11) is -2.82. The summed E-state index contributed by atoms with van der Waals surface area (Å²) in [5, 5.41) is 0. The molecule has 0 N–H and O–H groups in total. The fourth-order valence-electron chi connectivity index (χ4n) is 5.88. The van der Waals surface area contributed by atoms with Gasteiger partial charge in [-0.3, -0.25) is 0 Å². The molecule has 0 rings (SSSR count). The summed E-state index contributed by atoms with van der Waals surface area (Å²) in [6.07, 6.45) is 42.4. The van der Waals surface area contributed by atoms with Crippen LogP contribution in [-0.2, 0) is 9.84 Å². The van der Waals surface area contributed by atoms with E-state index in [0.717, 1.165) is 31.4 Å². The minimum atomic E-state index is -2.82. The fraction of sp³-hybridized carbons (Fsp3) is 1.00. The Hall–Kier alpha value is 0.300. The largest absolute Gasteiger partial charge is 0.229 e. The van der Waals surface area contributed by atoms with Crippen LogP contribution in [0.4, 0.5) is 0 Å². The zero-order chi connectivity index (χ0) is 29.2. The first-order valence-corrected chi connectivity index (χ1v) is 20.9. The van der Waals surface area contributed by atoms with Crippen molar-refractivity contribution in [1.29, 1.82) is 0 Å². The van der Waals surface area contributed by atoms with Gasteiger partial charge >= 0.3 is 0 Å². The highest BCUT2D eigenvalue weighted by Crippen LogP contribution is 2.16. The first-order valence-electron chi connectivity index (χ1n) is 18.4. The second-order valence-electron chi connectivity index (χ2n) is 12.8. The lowest BCUT2D eigenvalue weighted by atomic mass is 10.0. The molecule has 0 bridgehead atoms. The molecule has 0 aromatic carbocycles. The van der Waals surface area contributed by atoms with Gasteiger partial charge in [-0.2, -0.15) is 12.6 Å². The van der Waals surface area contributed by atoms with Crippen LogP contribution in [0.2, 0.25) is 0 Å². The Balaban J connectivity index is 3.27. The summed E-state index contributed by atoms with van der Waals surface area (Å²) in [6, 6.07) is 0. The molecule has 0 aromatic heterocycles. The molecule has 0 amide bonds. The van der Waals surface area contributed by atoms with Crippen molar-refractivity contribution in [2.75, 3.05) is 17.3 Å². The molecule has 0 atom stereocenters. The van der Waals surface area contributed by atoms with Gasteiger partial charge in [0.25, 0.3) is 0 Å². The molecule has 0 aliphatic rings. The van der Waals surface area contributed by atoms with Crippen LogP contribution in [0.15, 0.2) is 0 Å². The summed E-state index contributed by atoms with van der Waals surface area (Å²) in [4.78, 5) is 0. The highest BCUT2D eigenvalue weighted by atomic mass is 32.2. The molecule has 0 heterocycles. The fourth-order valence-corrected chi connectivity index (χ4v) is 7.60. The molecule has 0 aliphatic heterocycles. The molecule has 242 valence electrons. The van der Waals surface area contributed by atoms with E-state index in [1.54, 1.807) is 0 Å². The molecule has 0 fully saturated rings. The van der Waals surface area contributed by atoms with E-state index in [1.807, 2.05) is 0 Å². The Bertz CT molecular complexity index is 561. The van der Waals surface area contributed by atoms with Crippen LogP contribution in [0.1, 0.15) is 212 Å². The summed E-state index contributed by atoms with van der Waals surface area (Å²) in [5.74, 6) is 1.88. The van der Waals surface area contributed by atoms with Crippen molar-refractivity contribution >= 4 is 22.5 Å². The Kier molecular flexibility index (Phi) is 34.1. The average Bonchev–Trinajstić information content (AvgIpc) is 2.94. The molecule has 40 heavy (non-hydrogen) atoms. The van der Waals surface area contributed by atoms with Gasteiger partial charge in [-0.05, 0) is 25.0 Å². The number of unbranched alkanes of at least 4 members (excludes halogenated alkanes) is 30. The normalized spacial score (nSPS) is 11.9. The van der Waals surface area contributed by atoms with Crippen molar-refractivity contribution in [1.82, 2.24) is 0 Å². The third-order valence-electron chi connectivity index (χ3n) is 8.67. The number of thiol groups is 1. The molecule has 0 spiro atoms. The van der Waals surface area contributed by atoms with Gasteiger partial charge < -0.3 is 0 Å². The minimum absolute atomic E-state index is 0.418. The monoisotopic (exact) mass is 603 g/mol. The van der Waals surface area contributed by atoms with Gasteiger partial charge in [0.05, 0.1) is 11.5 Å². The van der Waals surface area contributed by atoms with Gasteiger partial charge in [0.2, 0.25) is 0 Å². The van der Waals surface area contributed by atoms with E-state index in [4.69, 9.17) is 0 Å². The summed E-state index contributed by atoms with van der Waals surface area (Å²) in [6.45, 7) is 2.28. The molecule has 0 radical (unpaired) electrons. The second kappa shape index (κ2) is 33.8. The topological polar surface area (TPSA) is 34.1 Å². The summed E-state index contributed by atoms with van der Waals surface area (Å²) >= 11 is 4.27. The van der Waals surface area contributed by atoms with Crippen LogP contribution in [0.3, 0.4) is 0 Å². The van der Waals surface area contributed by atoms with Crippen LogP contribution in [0.25, 0.3) is 0 Å². The minimum Gasteiger partial charge on any atom is -0.229 e. The Morgan fingerprint density at radius 1 is 0.325 bits per heavy atom. The van der Waals surface area contributed by atoms with E-state index in [2.05, 4.69) is 19.6 Å². The van der Waals surface area contributed by atoms with Crippen molar-refractivity contribution in [3.05, 3.63) is 0 Å². The number of sulfone groups is 1. The van der Waals surface area contributed by atoms with Crippen LogP contribution in [-0.4, -0.2) is 25.7 Å². The molecule has 2 nitrogen and oxygen atoms in total. The Morgan fingerprint density at radius 2 is 0.525 bits per heavy atom. The smallest absolute Gasteiger partial charge is 0.150 e. The molecule has 0 saturated carbocycles. The first-order chi connectivity index (χ1) is 19.6. The summed E-state index contributed by atoms with van der Waals surface area (Å²) < 4.78 is 24.7. The van der Waals surface area contributed by atoms with E-state index < -0.39 is 9.84 Å². The van der Waals surface area contributed by atoms with Crippen LogP contribution >= 0.6 is 12.6 Å². The van der Waals surface area contributed by atoms with Gasteiger partial charge in [-0.25, -0.2) is 8.42 Å². The maximum Gasteiger partial charge on any atom is 0.150 e. The van der Waals surface area contributed by atoms with E-state index in [1.165, 1.54) is 180 Å². The van der Waals surface area contributed by atoms with Crippen molar-refractivity contribution in [3.63, 3.8) is 0 Å². The average molecular weight is 603 g/mol. The molecule has 0 unspecified atom stereocenters. The molecule has 0 aliphatic carbocycles. The lowest BCUT2D eigenvalue weighted by Crippen LogP contribution is -2.11. The van der Waals surface area contributed by atoms with Gasteiger partial charge in [0.1, 0.15) is 9.84 Å². The lowest BCUT2D eigenvalue weighted by Gasteiger charge is -2.06. The quantitative estimate of drug-likeness (QED) is 0.0578. The Labute approximate surface area is 259 Å². The standard InChI is InChI=1S/C36H74O2S2/c1-2-3-4-5-6-7-8-9-10-14-17-20-23-26-29-32-35-40(37,38)36-33-30-27-24-21-18-15-12-11-13-16-19-22-25-28-31-34-39/h39H,2-36H2,1H3. The zero-order valence-electron chi connectivity index (χ0n) is 27.4. The number of hydrogen-bond donors (Lipinski definition) is 1. The Morgan fingerprint density at radius 3 is 0.750 bits per heavy atom. The predicted molar refractivity (Wildman–Crippen MR) is 186 cm³/mol. The molecule has 0 aromatic rings. The van der Waals surface area contributed by atoms with Crippen LogP contribution in [0.5, 0.6) is 0 Å². The third-order valence-corrected chi connectivity index (χ3v) is 10.8. The third kappa shape index (κ3) is 34.5. The molecule has 4 heteroatoms. The van der Waals surface area contributed by atoms with E-state index in [0.29, 0.717) is 11.5 Å². The highest BCUT2D eigenvalue weighted by Gasteiger charge is 2.09. The van der Waals surface area contributed by atoms with Crippen molar-refractivity contribution in [2.45, 2.75) is 212 Å². The second-order valence-corrected chi connectivity index (χ2v) is 15.6. The van der Waals surface area contributed by atoms with Gasteiger partial charge in [-0.15, -0.1) is 0 Å².